The summed E-state index contributed by atoms with van der Waals surface area (Å²) in [6, 6.07) is 9.68. The maximum Gasteiger partial charge on any atom is 0.276 e. The van der Waals surface area contributed by atoms with E-state index in [1.54, 1.807) is 24.3 Å². The van der Waals surface area contributed by atoms with Crippen LogP contribution in [0.3, 0.4) is 0 Å². The van der Waals surface area contributed by atoms with Crippen molar-refractivity contribution >= 4 is 27.8 Å². The molecule has 0 fully saturated rings. The second-order valence-electron chi connectivity index (χ2n) is 4.90. The Morgan fingerprint density at radius 2 is 1.79 bits per heavy atom. The van der Waals surface area contributed by atoms with Crippen LogP contribution in [0.2, 0.25) is 5.02 Å². The van der Waals surface area contributed by atoms with Crippen LogP contribution in [0.5, 0.6) is 11.5 Å². The smallest absolute Gasteiger partial charge is 0.276 e. The Bertz CT molecular complexity index is 849. The molecule has 8 heteroatoms. The fourth-order valence-electron chi connectivity index (χ4n) is 1.95. The van der Waals surface area contributed by atoms with Crippen LogP contribution in [0.15, 0.2) is 46.4 Å². The molecule has 0 aliphatic carbocycles. The minimum Gasteiger partial charge on any atom is -0.493 e. The first-order valence-corrected chi connectivity index (χ1v) is 8.76. The lowest BCUT2D eigenvalue weighted by molar-refractivity contribution is 0.355. The summed E-state index contributed by atoms with van der Waals surface area (Å²) in [6.45, 7) is 1.88. The van der Waals surface area contributed by atoms with Gasteiger partial charge >= 0.3 is 0 Å². The van der Waals surface area contributed by atoms with Crippen molar-refractivity contribution in [2.24, 2.45) is 5.10 Å². The lowest BCUT2D eigenvalue weighted by Gasteiger charge is -2.10. The molecule has 128 valence electrons. The zero-order valence-corrected chi connectivity index (χ0v) is 15.0. The molecule has 2 rings (SSSR count). The number of nitrogens with zero attached hydrogens (tertiary/aromatic N) is 1. The van der Waals surface area contributed by atoms with Crippen LogP contribution < -0.4 is 14.3 Å². The predicted octanol–water partition coefficient (Wildman–Crippen LogP) is 2.98. The highest BCUT2D eigenvalue weighted by molar-refractivity contribution is 7.89. The quantitative estimate of drug-likeness (QED) is 0.628. The molecule has 0 unspecified atom stereocenters. The van der Waals surface area contributed by atoms with Gasteiger partial charge in [0.25, 0.3) is 10.0 Å². The standard InChI is InChI=1S/C16H17ClN2O4S/c1-11-4-6-13(7-5-11)24(20,21)19-18-10-12-8-14(17)16(23-3)15(9-12)22-2/h4-10,19H,1-3H3/b18-10-. The number of nitrogens with one attached hydrogen (secondary N) is 1. The summed E-state index contributed by atoms with van der Waals surface area (Å²) in [5.74, 6) is 0.824. The lowest BCUT2D eigenvalue weighted by Crippen LogP contribution is -2.18. The van der Waals surface area contributed by atoms with Gasteiger partial charge < -0.3 is 9.47 Å². The van der Waals surface area contributed by atoms with E-state index in [1.165, 1.54) is 32.6 Å². The van der Waals surface area contributed by atoms with Crippen molar-refractivity contribution in [3.05, 3.63) is 52.5 Å². The molecule has 0 bridgehead atoms. The molecule has 0 aromatic heterocycles. The van der Waals surface area contributed by atoms with Crippen LogP contribution in [0.25, 0.3) is 0 Å². The van der Waals surface area contributed by atoms with Crippen LogP contribution in [0.4, 0.5) is 0 Å². The van der Waals surface area contributed by atoms with Gasteiger partial charge in [0.05, 0.1) is 30.4 Å². The van der Waals surface area contributed by atoms with Crippen LogP contribution in [-0.2, 0) is 10.0 Å². The van der Waals surface area contributed by atoms with Gasteiger partial charge in [-0.15, -0.1) is 0 Å². The first-order valence-electron chi connectivity index (χ1n) is 6.90. The molecular weight excluding hydrogens is 352 g/mol. The third-order valence-electron chi connectivity index (χ3n) is 3.17. The molecular formula is C16H17ClN2O4S. The van der Waals surface area contributed by atoms with E-state index in [2.05, 4.69) is 9.93 Å². The van der Waals surface area contributed by atoms with E-state index >= 15 is 0 Å². The summed E-state index contributed by atoms with van der Waals surface area (Å²) >= 11 is 6.09. The molecule has 2 aromatic rings. The summed E-state index contributed by atoms with van der Waals surface area (Å²) in [5, 5.41) is 4.10. The fourth-order valence-corrected chi connectivity index (χ4v) is 3.04. The number of aryl methyl sites for hydroxylation is 1. The largest absolute Gasteiger partial charge is 0.493 e. The first kappa shape index (κ1) is 18.1. The zero-order valence-electron chi connectivity index (χ0n) is 13.4. The summed E-state index contributed by atoms with van der Waals surface area (Å²) in [7, 11) is -0.762. The van der Waals surface area contributed by atoms with Gasteiger partial charge in [-0.3, -0.25) is 0 Å². The van der Waals surface area contributed by atoms with E-state index in [1.807, 2.05) is 6.92 Å². The Morgan fingerprint density at radius 3 is 2.38 bits per heavy atom. The van der Waals surface area contributed by atoms with Crippen molar-refractivity contribution in [2.45, 2.75) is 11.8 Å². The Hall–Kier alpha value is -2.25. The van der Waals surface area contributed by atoms with E-state index in [0.29, 0.717) is 22.1 Å². The number of rotatable bonds is 6. The van der Waals surface area contributed by atoms with E-state index in [0.717, 1.165) is 5.56 Å². The van der Waals surface area contributed by atoms with Gasteiger partial charge in [-0.05, 0) is 36.8 Å². The monoisotopic (exact) mass is 368 g/mol. The summed E-state index contributed by atoms with van der Waals surface area (Å²) in [6.07, 6.45) is 1.33. The number of halogens is 1. The molecule has 0 amide bonds. The van der Waals surface area contributed by atoms with Crippen LogP contribution in [0, 0.1) is 6.92 Å². The van der Waals surface area contributed by atoms with Crippen molar-refractivity contribution in [1.29, 1.82) is 0 Å². The summed E-state index contributed by atoms with van der Waals surface area (Å²) in [4.78, 5) is 2.29. The molecule has 0 aliphatic rings. The van der Waals surface area contributed by atoms with Crippen molar-refractivity contribution < 1.29 is 17.9 Å². The Kier molecular flexibility index (Phi) is 5.69. The van der Waals surface area contributed by atoms with Crippen molar-refractivity contribution in [3.63, 3.8) is 0 Å². The van der Waals surface area contributed by atoms with E-state index in [9.17, 15) is 8.42 Å². The fraction of sp³-hybridized carbons (Fsp3) is 0.188. The highest BCUT2D eigenvalue weighted by Gasteiger charge is 2.13. The molecule has 24 heavy (non-hydrogen) atoms. The second kappa shape index (κ2) is 7.55. The molecule has 2 aromatic carbocycles. The molecule has 0 saturated carbocycles. The van der Waals surface area contributed by atoms with Gasteiger partial charge in [0, 0.05) is 0 Å². The lowest BCUT2D eigenvalue weighted by atomic mass is 10.2. The molecule has 1 N–H and O–H groups in total. The number of methoxy groups -OCH3 is 2. The number of ether oxygens (including phenoxy) is 2. The maximum atomic E-state index is 12.1. The number of benzene rings is 2. The molecule has 0 spiro atoms. The molecule has 0 aliphatic heterocycles. The minimum atomic E-state index is -3.72. The average Bonchev–Trinajstić information content (AvgIpc) is 2.54. The highest BCUT2D eigenvalue weighted by atomic mass is 35.5. The number of hydrogen-bond donors (Lipinski definition) is 1. The van der Waals surface area contributed by atoms with Crippen LogP contribution in [-0.4, -0.2) is 28.9 Å². The minimum absolute atomic E-state index is 0.135. The number of sulfonamides is 1. The van der Waals surface area contributed by atoms with Gasteiger partial charge in [-0.25, -0.2) is 4.83 Å². The maximum absolute atomic E-state index is 12.1. The SMILES string of the molecule is COc1cc(/C=N\NS(=O)(=O)c2ccc(C)cc2)cc(Cl)c1OC. The second-order valence-corrected chi connectivity index (χ2v) is 6.97. The van der Waals surface area contributed by atoms with E-state index in [-0.39, 0.29) is 4.90 Å². The van der Waals surface area contributed by atoms with Crippen molar-refractivity contribution in [3.8, 4) is 11.5 Å². The van der Waals surface area contributed by atoms with Crippen LogP contribution in [0.1, 0.15) is 11.1 Å². The first-order chi connectivity index (χ1) is 11.4. The highest BCUT2D eigenvalue weighted by Crippen LogP contribution is 2.35. The van der Waals surface area contributed by atoms with Gasteiger partial charge in [0.2, 0.25) is 0 Å². The third kappa shape index (κ3) is 4.18. The topological polar surface area (TPSA) is 77.0 Å². The summed E-state index contributed by atoms with van der Waals surface area (Å²) < 4.78 is 34.6. The van der Waals surface area contributed by atoms with Gasteiger partial charge in [0.1, 0.15) is 0 Å². The zero-order chi connectivity index (χ0) is 17.7. The summed E-state index contributed by atoms with van der Waals surface area (Å²) in [5.41, 5.74) is 1.53. The van der Waals surface area contributed by atoms with Gasteiger partial charge in [0.15, 0.2) is 11.5 Å². The third-order valence-corrected chi connectivity index (χ3v) is 4.69. The Balaban J connectivity index is 2.19. The molecule has 6 nitrogen and oxygen atoms in total. The molecule has 0 saturated heterocycles. The molecule has 0 heterocycles. The Labute approximate surface area is 146 Å². The average molecular weight is 369 g/mol. The van der Waals surface area contributed by atoms with Gasteiger partial charge in [-0.2, -0.15) is 13.5 Å². The van der Waals surface area contributed by atoms with E-state index < -0.39 is 10.0 Å². The van der Waals surface area contributed by atoms with E-state index in [4.69, 9.17) is 21.1 Å². The van der Waals surface area contributed by atoms with Crippen molar-refractivity contribution in [1.82, 2.24) is 4.83 Å². The molecule has 0 atom stereocenters. The predicted molar refractivity (Wildman–Crippen MR) is 93.7 cm³/mol. The number of hydrogen-bond acceptors (Lipinski definition) is 5. The number of hydrazone groups is 1. The van der Waals surface area contributed by atoms with Gasteiger partial charge in [-0.1, -0.05) is 29.3 Å². The molecule has 0 radical (unpaired) electrons. The Morgan fingerprint density at radius 1 is 1.12 bits per heavy atom. The van der Waals surface area contributed by atoms with Crippen molar-refractivity contribution in [2.75, 3.05) is 14.2 Å². The normalized spacial score (nSPS) is 11.5. The van der Waals surface area contributed by atoms with Crippen LogP contribution >= 0.6 is 11.6 Å².